The third-order valence-corrected chi connectivity index (χ3v) is 9.11. The van der Waals surface area contributed by atoms with E-state index in [2.05, 4.69) is 0 Å². The molecule has 1 aromatic carbocycles. The van der Waals surface area contributed by atoms with Crippen LogP contribution < -0.4 is 0 Å². The monoisotopic (exact) mass is 434 g/mol. The van der Waals surface area contributed by atoms with Gasteiger partial charge in [-0.25, -0.2) is 4.39 Å². The molecule has 5 atom stereocenters. The number of rotatable bonds is 3. The molecule has 4 aliphatic rings. The molecule has 0 unspecified atom stereocenters. The minimum Gasteiger partial charge on any atom is -0.296 e. The van der Waals surface area contributed by atoms with Crippen LogP contribution in [0.1, 0.15) is 87.6 Å². The summed E-state index contributed by atoms with van der Waals surface area (Å²) in [5.41, 5.74) is 3.10. The van der Waals surface area contributed by atoms with E-state index in [0.29, 0.717) is 24.8 Å². The minimum absolute atomic E-state index is 0.00161. The zero-order valence-electron chi connectivity index (χ0n) is 19.2. The fourth-order valence-corrected chi connectivity index (χ4v) is 7.46. The van der Waals surface area contributed by atoms with E-state index in [1.165, 1.54) is 18.1 Å². The normalized spacial score (nSPS) is 36.2. The van der Waals surface area contributed by atoms with Crippen LogP contribution in [0.25, 0.3) is 0 Å². The minimum atomic E-state index is -1.79. The van der Waals surface area contributed by atoms with Gasteiger partial charge in [-0.2, -0.15) is 0 Å². The van der Waals surface area contributed by atoms with E-state index >= 15 is 4.39 Å². The molecular weight excluding hydrogens is 403 g/mol. The number of halogens is 1. The zero-order valence-corrected chi connectivity index (χ0v) is 19.2. The van der Waals surface area contributed by atoms with Crippen molar-refractivity contribution in [3.63, 3.8) is 0 Å². The fourth-order valence-electron chi connectivity index (χ4n) is 7.46. The Morgan fingerprint density at radius 2 is 1.75 bits per heavy atom. The Labute approximate surface area is 189 Å². The predicted octanol–water partition coefficient (Wildman–Crippen LogP) is 6.09. The maximum atomic E-state index is 16.3. The first-order valence-electron chi connectivity index (χ1n) is 11.9. The Morgan fingerprint density at radius 3 is 2.41 bits per heavy atom. The highest BCUT2D eigenvalue weighted by atomic mass is 19.1. The SMILES string of the molecule is CC(=O)c1ccc([C@H]2C[C@@]3(C)[C@@H](CC[C@]3(F)C(C)=O)[C@@H]3CCC4=CC(=O)CCC4=C32)cc1. The summed E-state index contributed by atoms with van der Waals surface area (Å²) in [7, 11) is 0. The van der Waals surface area contributed by atoms with E-state index in [1.54, 1.807) is 6.92 Å². The van der Waals surface area contributed by atoms with E-state index in [0.717, 1.165) is 36.8 Å². The number of carbonyl (C=O) groups is 3. The van der Waals surface area contributed by atoms with Gasteiger partial charge in [-0.1, -0.05) is 36.8 Å². The van der Waals surface area contributed by atoms with Gasteiger partial charge in [0.15, 0.2) is 23.0 Å². The van der Waals surface area contributed by atoms with Crippen LogP contribution in [0.2, 0.25) is 0 Å². The fraction of sp³-hybridized carbons (Fsp3) is 0.536. The van der Waals surface area contributed by atoms with E-state index in [9.17, 15) is 14.4 Å². The first-order chi connectivity index (χ1) is 15.2. The van der Waals surface area contributed by atoms with Crippen molar-refractivity contribution in [1.29, 1.82) is 0 Å². The summed E-state index contributed by atoms with van der Waals surface area (Å²) < 4.78 is 16.3. The number of Topliss-reactive ketones (excluding diaryl/α,β-unsaturated/α-hetero) is 2. The van der Waals surface area contributed by atoms with Gasteiger partial charge in [-0.3, -0.25) is 14.4 Å². The topological polar surface area (TPSA) is 51.2 Å². The highest BCUT2D eigenvalue weighted by Crippen LogP contribution is 2.67. The number of fused-ring (bicyclic) bond motifs is 4. The van der Waals surface area contributed by atoms with Gasteiger partial charge in [-0.05, 0) is 87.0 Å². The van der Waals surface area contributed by atoms with Crippen molar-refractivity contribution in [1.82, 2.24) is 0 Å². The lowest BCUT2D eigenvalue weighted by Crippen LogP contribution is -2.52. The van der Waals surface area contributed by atoms with Crippen LogP contribution in [0.4, 0.5) is 4.39 Å². The van der Waals surface area contributed by atoms with Crippen LogP contribution in [0.5, 0.6) is 0 Å². The molecule has 2 fully saturated rings. The van der Waals surface area contributed by atoms with Gasteiger partial charge in [-0.15, -0.1) is 0 Å². The van der Waals surface area contributed by atoms with Crippen LogP contribution in [0.15, 0.2) is 47.1 Å². The van der Waals surface area contributed by atoms with Crippen LogP contribution in [0.3, 0.4) is 0 Å². The Morgan fingerprint density at radius 1 is 1.03 bits per heavy atom. The quantitative estimate of drug-likeness (QED) is 0.541. The second-order valence-electron chi connectivity index (χ2n) is 10.6. The van der Waals surface area contributed by atoms with Crippen LogP contribution in [-0.2, 0) is 9.59 Å². The number of hydrogen-bond acceptors (Lipinski definition) is 3. The molecule has 0 spiro atoms. The molecule has 5 rings (SSSR count). The molecule has 4 heteroatoms. The number of hydrogen-bond donors (Lipinski definition) is 0. The third-order valence-electron chi connectivity index (χ3n) is 9.11. The molecule has 0 heterocycles. The third kappa shape index (κ3) is 2.94. The number of benzene rings is 1. The highest BCUT2D eigenvalue weighted by molar-refractivity contribution is 5.94. The second-order valence-corrected chi connectivity index (χ2v) is 10.6. The molecular formula is C28H31FO3. The number of carbonyl (C=O) groups excluding carboxylic acids is 3. The van der Waals surface area contributed by atoms with E-state index in [-0.39, 0.29) is 35.1 Å². The smallest absolute Gasteiger partial charge is 0.174 e. The molecule has 0 saturated heterocycles. The number of allylic oxidation sites excluding steroid dienone is 4. The van der Waals surface area contributed by atoms with E-state index < -0.39 is 11.1 Å². The van der Waals surface area contributed by atoms with Gasteiger partial charge in [0.25, 0.3) is 0 Å². The molecule has 0 radical (unpaired) electrons. The predicted molar refractivity (Wildman–Crippen MR) is 121 cm³/mol. The molecule has 0 aliphatic heterocycles. The summed E-state index contributed by atoms with van der Waals surface area (Å²) in [5, 5.41) is 0. The molecule has 0 aromatic heterocycles. The van der Waals surface area contributed by atoms with Crippen molar-refractivity contribution >= 4 is 17.3 Å². The standard InChI is InChI=1S/C28H31FO3/c1-16(30)18-4-6-19(7-5-18)24-15-27(3)25(12-13-28(27,29)17(2)31)23-10-8-20-14-21(32)9-11-22(20)26(23)24/h4-7,14,23-25H,8-13,15H2,1-3H3/t23-,24+,25-,27-,28-/m0/s1. The largest absolute Gasteiger partial charge is 0.296 e. The van der Waals surface area contributed by atoms with Crippen molar-refractivity contribution in [2.24, 2.45) is 17.3 Å². The maximum absolute atomic E-state index is 16.3. The molecule has 0 amide bonds. The second kappa shape index (κ2) is 7.33. The first-order valence-corrected chi connectivity index (χ1v) is 11.9. The summed E-state index contributed by atoms with van der Waals surface area (Å²) >= 11 is 0. The van der Waals surface area contributed by atoms with E-state index in [4.69, 9.17) is 0 Å². The Kier molecular flexibility index (Phi) is 4.92. The lowest BCUT2D eigenvalue weighted by atomic mass is 9.51. The molecule has 1 aromatic rings. The van der Waals surface area contributed by atoms with Crippen LogP contribution in [0, 0.1) is 17.3 Å². The van der Waals surface area contributed by atoms with Gasteiger partial charge in [0, 0.05) is 23.3 Å². The maximum Gasteiger partial charge on any atom is 0.174 e. The van der Waals surface area contributed by atoms with Gasteiger partial charge >= 0.3 is 0 Å². The summed E-state index contributed by atoms with van der Waals surface area (Å²) in [4.78, 5) is 36.5. The number of ketones is 3. The Balaban J connectivity index is 1.68. The molecule has 2 saturated carbocycles. The summed E-state index contributed by atoms with van der Waals surface area (Å²) in [6.07, 6.45) is 6.52. The first kappa shape index (κ1) is 21.5. The van der Waals surface area contributed by atoms with Gasteiger partial charge in [0.2, 0.25) is 0 Å². The molecule has 0 bridgehead atoms. The van der Waals surface area contributed by atoms with Crippen molar-refractivity contribution in [3.05, 3.63) is 58.2 Å². The van der Waals surface area contributed by atoms with Crippen molar-refractivity contribution in [2.45, 2.75) is 77.3 Å². The molecule has 168 valence electrons. The molecule has 32 heavy (non-hydrogen) atoms. The summed E-state index contributed by atoms with van der Waals surface area (Å²) in [6.45, 7) is 4.97. The Hall–Kier alpha value is -2.36. The lowest BCUT2D eigenvalue weighted by Gasteiger charge is -2.53. The van der Waals surface area contributed by atoms with Crippen molar-refractivity contribution in [2.75, 3.05) is 0 Å². The molecule has 0 N–H and O–H groups in total. The average molecular weight is 435 g/mol. The van der Waals surface area contributed by atoms with Gasteiger partial charge in [0.05, 0.1) is 0 Å². The van der Waals surface area contributed by atoms with Crippen molar-refractivity contribution < 1.29 is 18.8 Å². The Bertz CT molecular complexity index is 1080. The summed E-state index contributed by atoms with van der Waals surface area (Å²) in [5.74, 6) is 0.266. The summed E-state index contributed by atoms with van der Waals surface area (Å²) in [6, 6.07) is 7.73. The van der Waals surface area contributed by atoms with Crippen LogP contribution in [-0.4, -0.2) is 23.0 Å². The van der Waals surface area contributed by atoms with E-state index in [1.807, 2.05) is 37.3 Å². The number of alkyl halides is 1. The van der Waals surface area contributed by atoms with Gasteiger partial charge < -0.3 is 0 Å². The molecule has 3 nitrogen and oxygen atoms in total. The van der Waals surface area contributed by atoms with Crippen molar-refractivity contribution in [3.8, 4) is 0 Å². The zero-order chi connectivity index (χ0) is 22.8. The molecule has 4 aliphatic carbocycles. The average Bonchev–Trinajstić information content (AvgIpc) is 3.04. The van der Waals surface area contributed by atoms with Crippen LogP contribution >= 0.6 is 0 Å². The highest BCUT2D eigenvalue weighted by Gasteiger charge is 2.66. The lowest BCUT2D eigenvalue weighted by molar-refractivity contribution is -0.139. The van der Waals surface area contributed by atoms with Gasteiger partial charge in [0.1, 0.15) is 0 Å².